The number of fused-ring (bicyclic) bond motifs is 1. The number of aryl methyl sites for hydroxylation is 3. The van der Waals surface area contributed by atoms with Gasteiger partial charge in [-0.25, -0.2) is 0 Å². The highest BCUT2D eigenvalue weighted by molar-refractivity contribution is 7.16. The molecule has 108 valence electrons. The van der Waals surface area contributed by atoms with Crippen LogP contribution in [0.25, 0.3) is 0 Å². The van der Waals surface area contributed by atoms with Gasteiger partial charge in [0.25, 0.3) is 5.91 Å². The molecule has 5 nitrogen and oxygen atoms in total. The molecule has 1 N–H and O–H groups in total. The third-order valence-electron chi connectivity index (χ3n) is 3.69. The van der Waals surface area contributed by atoms with Crippen LogP contribution in [0.1, 0.15) is 45.5 Å². The van der Waals surface area contributed by atoms with E-state index >= 15 is 0 Å². The Labute approximate surface area is 127 Å². The van der Waals surface area contributed by atoms with Crippen molar-refractivity contribution in [2.75, 3.05) is 5.32 Å². The van der Waals surface area contributed by atoms with Crippen LogP contribution in [0.3, 0.4) is 0 Å². The van der Waals surface area contributed by atoms with Crippen LogP contribution in [0.15, 0.2) is 6.07 Å². The van der Waals surface area contributed by atoms with E-state index in [1.54, 1.807) is 10.7 Å². The normalized spacial score (nSPS) is 13.0. The Balaban J connectivity index is 1.90. The SMILES string of the molecule is CCn1nc(C)cc1C(=O)Nc1sc2c(c1C#N)CCC2. The van der Waals surface area contributed by atoms with Gasteiger partial charge in [0.2, 0.25) is 0 Å². The molecule has 0 fully saturated rings. The molecule has 0 radical (unpaired) electrons. The molecular weight excluding hydrogens is 284 g/mol. The number of thiophene rings is 1. The van der Waals surface area contributed by atoms with Crippen molar-refractivity contribution < 1.29 is 4.79 Å². The Morgan fingerprint density at radius 1 is 1.57 bits per heavy atom. The van der Waals surface area contributed by atoms with Crippen LogP contribution in [-0.2, 0) is 19.4 Å². The number of amides is 1. The first-order chi connectivity index (χ1) is 10.1. The maximum Gasteiger partial charge on any atom is 0.274 e. The molecule has 0 unspecified atom stereocenters. The minimum atomic E-state index is -0.200. The maximum atomic E-state index is 12.4. The lowest BCUT2D eigenvalue weighted by molar-refractivity contribution is 0.101. The zero-order chi connectivity index (χ0) is 15.0. The molecule has 2 heterocycles. The molecule has 0 aromatic carbocycles. The summed E-state index contributed by atoms with van der Waals surface area (Å²) in [5.74, 6) is -0.200. The molecule has 1 amide bonds. The number of carbonyl (C=O) groups is 1. The molecule has 2 aromatic heterocycles. The van der Waals surface area contributed by atoms with Gasteiger partial charge in [-0.3, -0.25) is 9.48 Å². The predicted molar refractivity (Wildman–Crippen MR) is 81.7 cm³/mol. The van der Waals surface area contributed by atoms with Gasteiger partial charge in [0.15, 0.2) is 0 Å². The highest BCUT2D eigenvalue weighted by atomic mass is 32.1. The van der Waals surface area contributed by atoms with Gasteiger partial charge in [0.1, 0.15) is 16.8 Å². The molecule has 0 bridgehead atoms. The summed E-state index contributed by atoms with van der Waals surface area (Å²) in [6.07, 6.45) is 3.05. The van der Waals surface area contributed by atoms with Crippen LogP contribution in [-0.4, -0.2) is 15.7 Å². The van der Waals surface area contributed by atoms with Gasteiger partial charge in [0.05, 0.1) is 11.3 Å². The highest BCUT2D eigenvalue weighted by Crippen LogP contribution is 2.38. The summed E-state index contributed by atoms with van der Waals surface area (Å²) < 4.78 is 1.68. The van der Waals surface area contributed by atoms with E-state index in [-0.39, 0.29) is 5.91 Å². The summed E-state index contributed by atoms with van der Waals surface area (Å²) in [5, 5.41) is 17.2. The summed E-state index contributed by atoms with van der Waals surface area (Å²) >= 11 is 1.53. The summed E-state index contributed by atoms with van der Waals surface area (Å²) in [6, 6.07) is 4.01. The largest absolute Gasteiger partial charge is 0.311 e. The number of nitriles is 1. The van der Waals surface area contributed by atoms with Gasteiger partial charge >= 0.3 is 0 Å². The molecule has 0 aliphatic heterocycles. The minimum absolute atomic E-state index is 0.200. The van der Waals surface area contributed by atoms with Crippen molar-refractivity contribution in [3.05, 3.63) is 33.5 Å². The number of hydrogen-bond donors (Lipinski definition) is 1. The van der Waals surface area contributed by atoms with Crippen LogP contribution in [0.4, 0.5) is 5.00 Å². The number of nitrogens with one attached hydrogen (secondary N) is 1. The average Bonchev–Trinajstić information content (AvgIpc) is 3.12. The molecule has 0 atom stereocenters. The molecule has 6 heteroatoms. The molecule has 0 spiro atoms. The number of carbonyl (C=O) groups excluding carboxylic acids is 1. The standard InChI is InChI=1S/C15H16N4OS/c1-3-19-12(7-9(2)18-19)14(20)17-15-11(8-16)10-5-4-6-13(10)21-15/h7H,3-6H2,1-2H3,(H,17,20). The molecule has 1 aliphatic carbocycles. The van der Waals surface area contributed by atoms with E-state index in [1.807, 2.05) is 13.8 Å². The zero-order valence-electron chi connectivity index (χ0n) is 12.1. The van der Waals surface area contributed by atoms with Crippen LogP contribution < -0.4 is 5.32 Å². The van der Waals surface area contributed by atoms with E-state index in [9.17, 15) is 10.1 Å². The number of rotatable bonds is 3. The minimum Gasteiger partial charge on any atom is -0.311 e. The third kappa shape index (κ3) is 2.34. The fraction of sp³-hybridized carbons (Fsp3) is 0.400. The maximum absolute atomic E-state index is 12.4. The first-order valence-electron chi connectivity index (χ1n) is 7.04. The number of hydrogen-bond acceptors (Lipinski definition) is 4. The van der Waals surface area contributed by atoms with E-state index in [2.05, 4.69) is 16.5 Å². The molecule has 2 aromatic rings. The molecule has 21 heavy (non-hydrogen) atoms. The average molecular weight is 300 g/mol. The van der Waals surface area contributed by atoms with E-state index in [1.165, 1.54) is 16.2 Å². The van der Waals surface area contributed by atoms with Crippen LogP contribution >= 0.6 is 11.3 Å². The van der Waals surface area contributed by atoms with E-state index in [4.69, 9.17) is 0 Å². The summed E-state index contributed by atoms with van der Waals surface area (Å²) in [7, 11) is 0. The predicted octanol–water partition coefficient (Wildman–Crippen LogP) is 2.89. The lowest BCUT2D eigenvalue weighted by Crippen LogP contribution is -2.17. The first kappa shape index (κ1) is 13.8. The van der Waals surface area contributed by atoms with Gasteiger partial charge < -0.3 is 5.32 Å². The number of anilines is 1. The Bertz CT molecular complexity index is 751. The molecular formula is C15H16N4OS. The zero-order valence-corrected chi connectivity index (χ0v) is 12.9. The second kappa shape index (κ2) is 5.34. The molecule has 0 saturated heterocycles. The Hall–Kier alpha value is -2.13. The Morgan fingerprint density at radius 3 is 3.10 bits per heavy atom. The lowest BCUT2D eigenvalue weighted by Gasteiger charge is -2.05. The Kier molecular flexibility index (Phi) is 3.52. The van der Waals surface area contributed by atoms with Crippen LogP contribution in [0.2, 0.25) is 0 Å². The van der Waals surface area contributed by atoms with Crippen molar-refractivity contribution in [3.8, 4) is 6.07 Å². The van der Waals surface area contributed by atoms with E-state index in [0.717, 1.165) is 30.5 Å². The number of aromatic nitrogens is 2. The quantitative estimate of drug-likeness (QED) is 0.947. The fourth-order valence-electron chi connectivity index (χ4n) is 2.75. The van der Waals surface area contributed by atoms with Gasteiger partial charge in [-0.15, -0.1) is 11.3 Å². The Morgan fingerprint density at radius 2 is 2.38 bits per heavy atom. The van der Waals surface area contributed by atoms with Crippen molar-refractivity contribution in [3.63, 3.8) is 0 Å². The van der Waals surface area contributed by atoms with Crippen molar-refractivity contribution in [2.24, 2.45) is 0 Å². The van der Waals surface area contributed by atoms with Crippen molar-refractivity contribution >= 4 is 22.2 Å². The van der Waals surface area contributed by atoms with Gasteiger partial charge in [-0.05, 0) is 44.7 Å². The van der Waals surface area contributed by atoms with E-state index < -0.39 is 0 Å². The van der Waals surface area contributed by atoms with Gasteiger partial charge in [0, 0.05) is 11.4 Å². The van der Waals surface area contributed by atoms with Crippen LogP contribution in [0.5, 0.6) is 0 Å². The molecule has 1 aliphatic rings. The third-order valence-corrected chi connectivity index (χ3v) is 4.90. The van der Waals surface area contributed by atoms with Crippen molar-refractivity contribution in [1.29, 1.82) is 5.26 Å². The monoisotopic (exact) mass is 300 g/mol. The fourth-order valence-corrected chi connectivity index (χ4v) is 3.98. The molecule has 0 saturated carbocycles. The van der Waals surface area contributed by atoms with E-state index in [0.29, 0.717) is 22.8 Å². The highest BCUT2D eigenvalue weighted by Gasteiger charge is 2.24. The summed E-state index contributed by atoms with van der Waals surface area (Å²) in [6.45, 7) is 4.45. The second-order valence-electron chi connectivity index (χ2n) is 5.11. The lowest BCUT2D eigenvalue weighted by atomic mass is 10.1. The van der Waals surface area contributed by atoms with Crippen molar-refractivity contribution in [2.45, 2.75) is 39.7 Å². The topological polar surface area (TPSA) is 70.7 Å². The van der Waals surface area contributed by atoms with Gasteiger partial charge in [-0.1, -0.05) is 0 Å². The first-order valence-corrected chi connectivity index (χ1v) is 7.86. The second-order valence-corrected chi connectivity index (χ2v) is 6.22. The summed E-state index contributed by atoms with van der Waals surface area (Å²) in [4.78, 5) is 13.7. The number of nitrogens with zero attached hydrogens (tertiary/aromatic N) is 3. The van der Waals surface area contributed by atoms with Crippen LogP contribution in [0, 0.1) is 18.3 Å². The summed E-state index contributed by atoms with van der Waals surface area (Å²) in [5.41, 5.74) is 3.11. The smallest absolute Gasteiger partial charge is 0.274 e. The van der Waals surface area contributed by atoms with Gasteiger partial charge in [-0.2, -0.15) is 10.4 Å². The molecule has 3 rings (SSSR count). The van der Waals surface area contributed by atoms with Crippen molar-refractivity contribution in [1.82, 2.24) is 9.78 Å².